The van der Waals surface area contributed by atoms with Crippen LogP contribution in [-0.4, -0.2) is 44.7 Å². The SMILES string of the molecule is COc1cc(NC(=O)NS(=O)(=O)Cc2ccccc2C(=O)O)nc(OC)c1. The lowest BCUT2D eigenvalue weighted by Gasteiger charge is -2.11. The summed E-state index contributed by atoms with van der Waals surface area (Å²) in [7, 11) is -1.38. The predicted octanol–water partition coefficient (Wildman–Crippen LogP) is 1.45. The number of nitrogens with zero attached hydrogens (tertiary/aromatic N) is 1. The number of hydrogen-bond acceptors (Lipinski definition) is 7. The van der Waals surface area contributed by atoms with Crippen LogP contribution in [0.1, 0.15) is 15.9 Å². The van der Waals surface area contributed by atoms with Gasteiger partial charge in [0.05, 0.1) is 25.5 Å². The van der Waals surface area contributed by atoms with Crippen LogP contribution in [0.3, 0.4) is 0 Å². The van der Waals surface area contributed by atoms with E-state index >= 15 is 0 Å². The van der Waals surface area contributed by atoms with Crippen molar-refractivity contribution in [1.82, 2.24) is 9.71 Å². The highest BCUT2D eigenvalue weighted by Crippen LogP contribution is 2.21. The molecule has 1 heterocycles. The largest absolute Gasteiger partial charge is 0.496 e. The molecule has 0 aliphatic heterocycles. The van der Waals surface area contributed by atoms with Crippen molar-refractivity contribution in [2.75, 3.05) is 19.5 Å². The van der Waals surface area contributed by atoms with Crippen LogP contribution in [0.15, 0.2) is 36.4 Å². The fourth-order valence-electron chi connectivity index (χ4n) is 2.15. The Morgan fingerprint density at radius 2 is 1.85 bits per heavy atom. The van der Waals surface area contributed by atoms with Crippen molar-refractivity contribution in [2.24, 2.45) is 0 Å². The molecule has 2 aromatic rings. The summed E-state index contributed by atoms with van der Waals surface area (Å²) in [5, 5.41) is 11.4. The van der Waals surface area contributed by atoms with Crippen molar-refractivity contribution >= 4 is 27.8 Å². The second-order valence-electron chi connectivity index (χ2n) is 5.21. The lowest BCUT2D eigenvalue weighted by atomic mass is 10.1. The average molecular weight is 395 g/mol. The molecule has 11 heteroatoms. The third kappa shape index (κ3) is 5.57. The van der Waals surface area contributed by atoms with Gasteiger partial charge in [-0.1, -0.05) is 18.2 Å². The van der Waals surface area contributed by atoms with Crippen LogP contribution >= 0.6 is 0 Å². The molecule has 144 valence electrons. The average Bonchev–Trinajstić information content (AvgIpc) is 2.60. The van der Waals surface area contributed by atoms with E-state index in [1.165, 1.54) is 50.6 Å². The summed E-state index contributed by atoms with van der Waals surface area (Å²) in [5.74, 6) is -1.45. The van der Waals surface area contributed by atoms with E-state index in [-0.39, 0.29) is 22.8 Å². The Hall–Kier alpha value is -3.34. The number of urea groups is 1. The zero-order valence-corrected chi connectivity index (χ0v) is 15.2. The molecule has 0 unspecified atom stereocenters. The van der Waals surface area contributed by atoms with Crippen LogP contribution in [-0.2, 0) is 15.8 Å². The van der Waals surface area contributed by atoms with Gasteiger partial charge in [0, 0.05) is 12.1 Å². The number of hydrogen-bond donors (Lipinski definition) is 3. The topological polar surface area (TPSA) is 144 Å². The number of carboxylic acids is 1. The third-order valence-corrected chi connectivity index (χ3v) is 4.49. The molecule has 0 aliphatic carbocycles. The van der Waals surface area contributed by atoms with E-state index in [1.807, 2.05) is 0 Å². The number of carbonyl (C=O) groups is 2. The second-order valence-corrected chi connectivity index (χ2v) is 6.93. The van der Waals surface area contributed by atoms with Gasteiger partial charge >= 0.3 is 12.0 Å². The van der Waals surface area contributed by atoms with Gasteiger partial charge in [-0.25, -0.2) is 22.7 Å². The van der Waals surface area contributed by atoms with Gasteiger partial charge in [0.2, 0.25) is 15.9 Å². The molecular weight excluding hydrogens is 378 g/mol. The molecule has 0 bridgehead atoms. The molecule has 0 radical (unpaired) electrons. The van der Waals surface area contributed by atoms with Gasteiger partial charge in [-0.05, 0) is 11.6 Å². The van der Waals surface area contributed by atoms with Crippen LogP contribution in [0.5, 0.6) is 11.6 Å². The summed E-state index contributed by atoms with van der Waals surface area (Å²) in [6.45, 7) is 0. The van der Waals surface area contributed by atoms with Crippen LogP contribution in [0.25, 0.3) is 0 Å². The van der Waals surface area contributed by atoms with Gasteiger partial charge < -0.3 is 14.6 Å². The lowest BCUT2D eigenvalue weighted by molar-refractivity contribution is 0.0696. The first-order valence-electron chi connectivity index (χ1n) is 7.47. The Kier molecular flexibility index (Phi) is 6.19. The number of aromatic nitrogens is 1. The third-order valence-electron chi connectivity index (χ3n) is 3.30. The Bertz CT molecular complexity index is 938. The Morgan fingerprint density at radius 1 is 1.15 bits per heavy atom. The number of ether oxygens (including phenoxy) is 2. The number of amides is 2. The van der Waals surface area contributed by atoms with Gasteiger partial charge in [0.1, 0.15) is 11.6 Å². The number of rotatable bonds is 7. The first-order chi connectivity index (χ1) is 12.7. The summed E-state index contributed by atoms with van der Waals surface area (Å²) in [6, 6.07) is 7.39. The minimum Gasteiger partial charge on any atom is -0.496 e. The van der Waals surface area contributed by atoms with Crippen LogP contribution in [0.2, 0.25) is 0 Å². The number of methoxy groups -OCH3 is 2. The molecule has 10 nitrogen and oxygen atoms in total. The molecule has 1 aromatic heterocycles. The van der Waals surface area contributed by atoms with E-state index < -0.39 is 27.8 Å². The number of sulfonamides is 1. The Balaban J connectivity index is 2.12. The molecule has 0 saturated carbocycles. The molecular formula is C16H17N3O7S. The van der Waals surface area contributed by atoms with Crippen molar-refractivity contribution in [2.45, 2.75) is 5.75 Å². The summed E-state index contributed by atoms with van der Waals surface area (Å²) in [6.07, 6.45) is 0. The van der Waals surface area contributed by atoms with Gasteiger partial charge in [-0.15, -0.1) is 0 Å². The highest BCUT2D eigenvalue weighted by atomic mass is 32.2. The van der Waals surface area contributed by atoms with Crippen molar-refractivity contribution in [3.05, 3.63) is 47.5 Å². The maximum absolute atomic E-state index is 12.2. The molecule has 2 amide bonds. The summed E-state index contributed by atoms with van der Waals surface area (Å²) < 4.78 is 36.2. The number of anilines is 1. The normalized spacial score (nSPS) is 10.7. The number of carbonyl (C=O) groups excluding carboxylic acids is 1. The summed E-state index contributed by atoms with van der Waals surface area (Å²) in [5.41, 5.74) is -0.117. The fourth-order valence-corrected chi connectivity index (χ4v) is 3.21. The highest BCUT2D eigenvalue weighted by molar-refractivity contribution is 7.89. The standard InChI is InChI=1S/C16H17N3O7S/c1-25-11-7-13(17-14(8-11)26-2)18-16(22)19-27(23,24)9-10-5-3-4-6-12(10)15(20)21/h3-8H,9H2,1-2H3,(H,20,21)(H2,17,18,19,22). The monoisotopic (exact) mass is 395 g/mol. The summed E-state index contributed by atoms with van der Waals surface area (Å²) in [4.78, 5) is 27.1. The molecule has 2 rings (SSSR count). The molecule has 3 N–H and O–H groups in total. The lowest BCUT2D eigenvalue weighted by Crippen LogP contribution is -2.35. The minimum absolute atomic E-state index is 0.00448. The van der Waals surface area contributed by atoms with Gasteiger partial charge in [0.25, 0.3) is 0 Å². The van der Waals surface area contributed by atoms with Crippen LogP contribution in [0.4, 0.5) is 10.6 Å². The van der Waals surface area contributed by atoms with Crippen molar-refractivity contribution < 1.29 is 32.6 Å². The number of carboxylic acid groups (broad SMARTS) is 1. The quantitative estimate of drug-likeness (QED) is 0.639. The number of nitrogens with one attached hydrogen (secondary N) is 2. The predicted molar refractivity (Wildman–Crippen MR) is 95.5 cm³/mol. The smallest absolute Gasteiger partial charge is 0.335 e. The molecule has 0 aliphatic rings. The van der Waals surface area contributed by atoms with Gasteiger partial charge in [-0.2, -0.15) is 4.98 Å². The van der Waals surface area contributed by atoms with Crippen molar-refractivity contribution in [3.8, 4) is 11.6 Å². The Labute approximate surface area is 155 Å². The van der Waals surface area contributed by atoms with Gasteiger partial charge in [0.15, 0.2) is 0 Å². The van der Waals surface area contributed by atoms with E-state index in [9.17, 15) is 18.0 Å². The van der Waals surface area contributed by atoms with E-state index in [1.54, 1.807) is 4.72 Å². The highest BCUT2D eigenvalue weighted by Gasteiger charge is 2.20. The minimum atomic E-state index is -4.16. The zero-order valence-electron chi connectivity index (χ0n) is 14.4. The number of aromatic carboxylic acids is 1. The number of benzene rings is 1. The van der Waals surface area contributed by atoms with E-state index in [0.29, 0.717) is 5.75 Å². The molecule has 0 atom stereocenters. The van der Waals surface area contributed by atoms with E-state index in [0.717, 1.165) is 0 Å². The fraction of sp³-hybridized carbons (Fsp3) is 0.188. The molecule has 0 fully saturated rings. The van der Waals surface area contributed by atoms with E-state index in [2.05, 4.69) is 10.3 Å². The summed E-state index contributed by atoms with van der Waals surface area (Å²) >= 11 is 0. The van der Waals surface area contributed by atoms with Crippen molar-refractivity contribution in [1.29, 1.82) is 0 Å². The zero-order chi connectivity index (χ0) is 20.0. The molecule has 27 heavy (non-hydrogen) atoms. The Morgan fingerprint density at radius 3 is 2.48 bits per heavy atom. The van der Waals surface area contributed by atoms with Crippen molar-refractivity contribution in [3.63, 3.8) is 0 Å². The maximum Gasteiger partial charge on any atom is 0.335 e. The number of pyridine rings is 1. The first-order valence-corrected chi connectivity index (χ1v) is 9.12. The van der Waals surface area contributed by atoms with Gasteiger partial charge in [-0.3, -0.25) is 5.32 Å². The molecule has 0 spiro atoms. The molecule has 1 aromatic carbocycles. The molecule has 0 saturated heterocycles. The second kappa shape index (κ2) is 8.36. The maximum atomic E-state index is 12.2. The van der Waals surface area contributed by atoms with Crippen LogP contribution in [0, 0.1) is 0 Å². The first kappa shape index (κ1) is 20.0. The van der Waals surface area contributed by atoms with Crippen LogP contribution < -0.4 is 19.5 Å². The van der Waals surface area contributed by atoms with E-state index in [4.69, 9.17) is 14.6 Å².